The molecule has 1 fully saturated rings. The van der Waals surface area contributed by atoms with Gasteiger partial charge in [-0.05, 0) is 25.1 Å². The van der Waals surface area contributed by atoms with Gasteiger partial charge in [0, 0.05) is 29.5 Å². The Morgan fingerprint density at radius 1 is 1.33 bits per heavy atom. The van der Waals surface area contributed by atoms with Crippen LogP contribution in [-0.4, -0.2) is 28.3 Å². The van der Waals surface area contributed by atoms with Gasteiger partial charge in [0.1, 0.15) is 11.5 Å². The van der Waals surface area contributed by atoms with Crippen LogP contribution in [-0.2, 0) is 0 Å². The van der Waals surface area contributed by atoms with Crippen molar-refractivity contribution in [2.24, 2.45) is 0 Å². The van der Waals surface area contributed by atoms with Crippen molar-refractivity contribution >= 4 is 11.3 Å². The van der Waals surface area contributed by atoms with Crippen molar-refractivity contribution in [2.45, 2.75) is 12.3 Å². The highest BCUT2D eigenvalue weighted by molar-refractivity contribution is 7.10. The number of aromatic nitrogens is 1. The Balaban J connectivity index is 1.92. The van der Waals surface area contributed by atoms with Gasteiger partial charge in [-0.1, -0.05) is 0 Å². The highest BCUT2D eigenvalue weighted by atomic mass is 32.1. The molecule has 94 valence electrons. The molecule has 0 saturated carbocycles. The van der Waals surface area contributed by atoms with E-state index in [-0.39, 0.29) is 11.5 Å². The van der Waals surface area contributed by atoms with Crippen molar-refractivity contribution in [3.05, 3.63) is 28.6 Å². The van der Waals surface area contributed by atoms with Crippen LogP contribution in [0.4, 0.5) is 0 Å². The molecule has 1 aromatic heterocycles. The van der Waals surface area contributed by atoms with Gasteiger partial charge in [0.15, 0.2) is 0 Å². The second-order valence-electron chi connectivity index (χ2n) is 4.46. The largest absolute Gasteiger partial charge is 0.508 e. The van der Waals surface area contributed by atoms with Crippen molar-refractivity contribution in [2.75, 3.05) is 13.1 Å². The molecule has 1 saturated heterocycles. The fourth-order valence-corrected chi connectivity index (χ4v) is 3.16. The monoisotopic (exact) mass is 262 g/mol. The Hall–Kier alpha value is -1.59. The fraction of sp³-hybridized carbons (Fsp3) is 0.308. The first kappa shape index (κ1) is 11.5. The number of hydrogen-bond donors (Lipinski definition) is 3. The smallest absolute Gasteiger partial charge is 0.128 e. The first-order valence-electron chi connectivity index (χ1n) is 5.92. The predicted octanol–water partition coefficient (Wildman–Crippen LogP) is 2.30. The fourth-order valence-electron chi connectivity index (χ4n) is 2.20. The number of rotatable bonds is 2. The summed E-state index contributed by atoms with van der Waals surface area (Å²) in [7, 11) is 0. The number of nitrogens with zero attached hydrogens (tertiary/aromatic N) is 1. The summed E-state index contributed by atoms with van der Waals surface area (Å²) in [5.41, 5.74) is 1.45. The second-order valence-corrected chi connectivity index (χ2v) is 5.35. The molecule has 3 N–H and O–H groups in total. The average molecular weight is 262 g/mol. The van der Waals surface area contributed by atoms with Crippen LogP contribution < -0.4 is 5.32 Å². The molecular weight excluding hydrogens is 248 g/mol. The minimum Gasteiger partial charge on any atom is -0.508 e. The molecule has 0 radical (unpaired) electrons. The first-order valence-corrected chi connectivity index (χ1v) is 6.80. The number of thiazole rings is 1. The van der Waals surface area contributed by atoms with E-state index in [0.29, 0.717) is 11.5 Å². The van der Waals surface area contributed by atoms with E-state index in [9.17, 15) is 10.2 Å². The quantitative estimate of drug-likeness (QED) is 0.777. The van der Waals surface area contributed by atoms with Gasteiger partial charge in [0.2, 0.25) is 0 Å². The van der Waals surface area contributed by atoms with Crippen molar-refractivity contribution in [1.29, 1.82) is 0 Å². The topological polar surface area (TPSA) is 65.4 Å². The van der Waals surface area contributed by atoms with Gasteiger partial charge < -0.3 is 15.5 Å². The molecule has 5 heteroatoms. The van der Waals surface area contributed by atoms with E-state index in [1.807, 2.05) is 5.38 Å². The van der Waals surface area contributed by atoms with Crippen molar-refractivity contribution < 1.29 is 10.2 Å². The van der Waals surface area contributed by atoms with Crippen LogP contribution in [0.15, 0.2) is 23.6 Å². The zero-order chi connectivity index (χ0) is 12.5. The molecule has 4 nitrogen and oxygen atoms in total. The molecule has 0 spiro atoms. The summed E-state index contributed by atoms with van der Waals surface area (Å²) in [6.07, 6.45) is 1.12. The highest BCUT2D eigenvalue weighted by Gasteiger charge is 2.20. The molecule has 2 heterocycles. The van der Waals surface area contributed by atoms with Gasteiger partial charge in [-0.3, -0.25) is 0 Å². The zero-order valence-corrected chi connectivity index (χ0v) is 10.6. The number of hydrogen-bond acceptors (Lipinski definition) is 5. The minimum atomic E-state index is 0.0618. The Morgan fingerprint density at radius 3 is 2.94 bits per heavy atom. The molecule has 1 aliphatic rings. The molecule has 1 aromatic carbocycles. The van der Waals surface area contributed by atoms with E-state index >= 15 is 0 Å². The summed E-state index contributed by atoms with van der Waals surface area (Å²) < 4.78 is 0. The Morgan fingerprint density at radius 2 is 2.22 bits per heavy atom. The number of aromatic hydroxyl groups is 2. The molecular formula is C13H14N2O2S. The lowest BCUT2D eigenvalue weighted by Gasteiger charge is -2.03. The lowest BCUT2D eigenvalue weighted by atomic mass is 10.1. The van der Waals surface area contributed by atoms with Crippen molar-refractivity contribution in [1.82, 2.24) is 10.3 Å². The maximum atomic E-state index is 9.81. The molecule has 18 heavy (non-hydrogen) atoms. The standard InChI is InChI=1S/C13H14N2O2S/c16-9-1-2-10(12(17)5-9)11-7-18-13(15-11)8-3-4-14-6-8/h1-2,5,7-8,14,16-17H,3-4,6H2. The number of phenols is 2. The average Bonchev–Trinajstić information content (AvgIpc) is 2.99. The first-order chi connectivity index (χ1) is 8.74. The van der Waals surface area contributed by atoms with E-state index < -0.39 is 0 Å². The van der Waals surface area contributed by atoms with Gasteiger partial charge in [-0.2, -0.15) is 0 Å². The predicted molar refractivity (Wildman–Crippen MR) is 71.1 cm³/mol. The third kappa shape index (κ3) is 2.07. The molecule has 3 rings (SSSR count). The van der Waals surface area contributed by atoms with E-state index in [4.69, 9.17) is 0 Å². The summed E-state index contributed by atoms with van der Waals surface area (Å²) in [4.78, 5) is 4.59. The van der Waals surface area contributed by atoms with Gasteiger partial charge in [0.25, 0.3) is 0 Å². The van der Waals surface area contributed by atoms with E-state index in [1.54, 1.807) is 23.5 Å². The van der Waals surface area contributed by atoms with Crippen LogP contribution in [0.3, 0.4) is 0 Å². The molecule has 1 unspecified atom stereocenters. The van der Waals surface area contributed by atoms with Crippen molar-refractivity contribution in [3.63, 3.8) is 0 Å². The highest BCUT2D eigenvalue weighted by Crippen LogP contribution is 2.35. The van der Waals surface area contributed by atoms with Gasteiger partial charge in [-0.25, -0.2) is 4.98 Å². The summed E-state index contributed by atoms with van der Waals surface area (Å²) in [5.74, 6) is 0.617. The van der Waals surface area contributed by atoms with Gasteiger partial charge >= 0.3 is 0 Å². The SMILES string of the molecule is Oc1ccc(-c2csc(C3CCNC3)n2)c(O)c1. The van der Waals surface area contributed by atoms with E-state index in [0.717, 1.165) is 30.2 Å². The van der Waals surface area contributed by atoms with Crippen LogP contribution in [0, 0.1) is 0 Å². The number of benzene rings is 1. The molecule has 2 aromatic rings. The van der Waals surface area contributed by atoms with E-state index in [2.05, 4.69) is 10.3 Å². The van der Waals surface area contributed by atoms with Gasteiger partial charge in [0.05, 0.1) is 10.7 Å². The van der Waals surface area contributed by atoms with Crippen LogP contribution >= 0.6 is 11.3 Å². The summed E-state index contributed by atoms with van der Waals surface area (Å²) >= 11 is 1.63. The maximum absolute atomic E-state index is 9.81. The maximum Gasteiger partial charge on any atom is 0.128 e. The molecule has 1 aliphatic heterocycles. The minimum absolute atomic E-state index is 0.0618. The number of nitrogens with one attached hydrogen (secondary N) is 1. The third-order valence-electron chi connectivity index (χ3n) is 3.19. The van der Waals surface area contributed by atoms with Crippen LogP contribution in [0.2, 0.25) is 0 Å². The van der Waals surface area contributed by atoms with Gasteiger partial charge in [-0.15, -0.1) is 11.3 Å². The summed E-state index contributed by atoms with van der Waals surface area (Å²) in [5, 5.41) is 25.5. The Labute approximate surface area is 109 Å². The van der Waals surface area contributed by atoms with Crippen LogP contribution in [0.1, 0.15) is 17.3 Å². The van der Waals surface area contributed by atoms with Crippen LogP contribution in [0.5, 0.6) is 11.5 Å². The summed E-state index contributed by atoms with van der Waals surface area (Å²) in [6.45, 7) is 2.03. The summed E-state index contributed by atoms with van der Waals surface area (Å²) in [6, 6.07) is 4.59. The third-order valence-corrected chi connectivity index (χ3v) is 4.20. The van der Waals surface area contributed by atoms with Crippen molar-refractivity contribution in [3.8, 4) is 22.8 Å². The number of phenolic OH excluding ortho intramolecular Hbond substituents is 2. The lowest BCUT2D eigenvalue weighted by molar-refractivity contribution is 0.452. The van der Waals surface area contributed by atoms with E-state index in [1.165, 1.54) is 6.07 Å². The Kier molecular flexibility index (Phi) is 2.93. The Bertz CT molecular complexity index is 562. The second kappa shape index (κ2) is 4.59. The lowest BCUT2D eigenvalue weighted by Crippen LogP contribution is -2.07. The molecule has 0 amide bonds. The normalized spacial score (nSPS) is 19.2. The van der Waals surface area contributed by atoms with Crippen LogP contribution in [0.25, 0.3) is 11.3 Å². The zero-order valence-electron chi connectivity index (χ0n) is 9.76. The molecule has 1 atom stereocenters. The molecule has 0 bridgehead atoms. The molecule has 0 aliphatic carbocycles.